The van der Waals surface area contributed by atoms with Crippen molar-refractivity contribution in [3.8, 4) is 11.1 Å². The second kappa shape index (κ2) is 8.91. The quantitative estimate of drug-likeness (QED) is 0.482. The fourth-order valence-electron chi connectivity index (χ4n) is 3.85. The van der Waals surface area contributed by atoms with E-state index in [1.165, 1.54) is 0 Å². The summed E-state index contributed by atoms with van der Waals surface area (Å²) >= 11 is 0. The lowest BCUT2D eigenvalue weighted by Crippen LogP contribution is -2.53. The molecule has 2 atom stereocenters. The Morgan fingerprint density at radius 2 is 1.84 bits per heavy atom. The maximum atomic E-state index is 14.0. The molecular weight excluding hydrogens is 416 g/mol. The van der Waals surface area contributed by atoms with E-state index in [9.17, 15) is 13.6 Å². The number of carbonyl (C=O) groups excluding carboxylic acids is 1. The lowest BCUT2D eigenvalue weighted by Gasteiger charge is -2.34. The molecule has 1 amide bonds. The average molecular weight is 441 g/mol. The van der Waals surface area contributed by atoms with Crippen LogP contribution in [0.4, 0.5) is 14.5 Å². The maximum absolute atomic E-state index is 14.0. The molecule has 2 aliphatic rings. The number of aromatic nitrogens is 1. The zero-order valence-electron chi connectivity index (χ0n) is 17.3. The van der Waals surface area contributed by atoms with Crippen LogP contribution in [0.25, 0.3) is 11.1 Å². The van der Waals surface area contributed by atoms with Gasteiger partial charge in [0.25, 0.3) is 11.8 Å². The normalized spacial score (nSPS) is 23.9. The number of hydrogen-bond acceptors (Lipinski definition) is 6. The summed E-state index contributed by atoms with van der Waals surface area (Å²) in [5.74, 6) is -2.89. The van der Waals surface area contributed by atoms with Gasteiger partial charge in [-0.1, -0.05) is 12.1 Å². The third-order valence-electron chi connectivity index (χ3n) is 5.60. The third-order valence-corrected chi connectivity index (χ3v) is 5.60. The van der Waals surface area contributed by atoms with Crippen molar-refractivity contribution in [2.24, 2.45) is 16.5 Å². The van der Waals surface area contributed by atoms with Gasteiger partial charge in [-0.15, -0.1) is 0 Å². The van der Waals surface area contributed by atoms with E-state index in [4.69, 9.17) is 11.5 Å². The number of carbonyl (C=O) groups is 1. The Kier molecular flexibility index (Phi) is 6.04. The van der Waals surface area contributed by atoms with E-state index in [1.807, 2.05) is 36.4 Å². The van der Waals surface area contributed by atoms with Gasteiger partial charge >= 0.3 is 0 Å². The number of nitrogens with one attached hydrogen (secondary N) is 3. The van der Waals surface area contributed by atoms with E-state index in [1.54, 1.807) is 12.4 Å². The van der Waals surface area contributed by atoms with Gasteiger partial charge < -0.3 is 27.4 Å². The number of amidine groups is 1. The highest BCUT2D eigenvalue weighted by Crippen LogP contribution is 2.34. The minimum atomic E-state index is -2.94. The average Bonchev–Trinajstić information content (AvgIpc) is 2.78. The summed E-state index contributed by atoms with van der Waals surface area (Å²) in [7, 11) is 0. The lowest BCUT2D eigenvalue weighted by atomic mass is 9.88. The second-order valence-electron chi connectivity index (χ2n) is 7.85. The fraction of sp³-hybridized carbons (Fsp3) is 0.318. The molecule has 1 saturated carbocycles. The third kappa shape index (κ3) is 4.70. The van der Waals surface area contributed by atoms with Crippen LogP contribution >= 0.6 is 0 Å². The first-order valence-electron chi connectivity index (χ1n) is 10.4. The van der Waals surface area contributed by atoms with Crippen molar-refractivity contribution in [3.63, 3.8) is 0 Å². The van der Waals surface area contributed by atoms with E-state index in [2.05, 4.69) is 25.9 Å². The van der Waals surface area contributed by atoms with Gasteiger partial charge in [0.15, 0.2) is 0 Å². The molecule has 2 heterocycles. The van der Waals surface area contributed by atoms with Crippen molar-refractivity contribution in [1.29, 1.82) is 0 Å². The Morgan fingerprint density at radius 1 is 1.16 bits per heavy atom. The molecule has 0 spiro atoms. The van der Waals surface area contributed by atoms with Gasteiger partial charge in [-0.2, -0.15) is 0 Å². The first-order valence-corrected chi connectivity index (χ1v) is 10.4. The summed E-state index contributed by atoms with van der Waals surface area (Å²) in [6.07, 6.45) is 4.05. The van der Waals surface area contributed by atoms with Crippen molar-refractivity contribution < 1.29 is 13.6 Å². The molecule has 4 rings (SSSR count). The molecule has 0 unspecified atom stereocenters. The molecule has 32 heavy (non-hydrogen) atoms. The molecule has 1 aliphatic carbocycles. The Labute approximate surface area is 184 Å². The number of anilines is 1. The van der Waals surface area contributed by atoms with Crippen LogP contribution in [-0.2, 0) is 4.79 Å². The molecule has 1 aliphatic heterocycles. The molecule has 8 nitrogen and oxygen atoms in total. The highest BCUT2D eigenvalue weighted by molar-refractivity contribution is 5.98. The van der Waals surface area contributed by atoms with Crippen LogP contribution in [-0.4, -0.2) is 41.3 Å². The number of amides is 1. The van der Waals surface area contributed by atoms with Crippen LogP contribution < -0.4 is 27.4 Å². The molecule has 2 aromatic rings. The fourth-order valence-corrected chi connectivity index (χ4v) is 3.85. The smallest absolute Gasteiger partial charge is 0.268 e. The van der Waals surface area contributed by atoms with E-state index >= 15 is 0 Å². The number of hydrogen-bond donors (Lipinski definition) is 5. The van der Waals surface area contributed by atoms with Crippen molar-refractivity contribution >= 4 is 17.4 Å². The van der Waals surface area contributed by atoms with Crippen molar-refractivity contribution in [2.45, 2.75) is 37.3 Å². The highest BCUT2D eigenvalue weighted by atomic mass is 19.3. The zero-order chi connectivity index (χ0) is 22.7. The molecule has 0 saturated heterocycles. The summed E-state index contributed by atoms with van der Waals surface area (Å²) < 4.78 is 27.9. The molecule has 0 bridgehead atoms. The van der Waals surface area contributed by atoms with Gasteiger partial charge in [-0.05, 0) is 48.2 Å². The number of alkyl halides is 2. The van der Waals surface area contributed by atoms with Crippen molar-refractivity contribution in [1.82, 2.24) is 15.6 Å². The van der Waals surface area contributed by atoms with E-state index < -0.39 is 23.9 Å². The monoisotopic (exact) mass is 441 g/mol. The Morgan fingerprint density at radius 3 is 2.53 bits per heavy atom. The maximum Gasteiger partial charge on any atom is 0.268 e. The topological polar surface area (TPSA) is 130 Å². The Hall–Kier alpha value is -3.53. The van der Waals surface area contributed by atoms with E-state index in [-0.39, 0.29) is 18.7 Å². The summed E-state index contributed by atoms with van der Waals surface area (Å²) in [5.41, 5.74) is 14.1. The molecule has 7 N–H and O–H groups in total. The first-order chi connectivity index (χ1) is 15.3. The van der Waals surface area contributed by atoms with Gasteiger partial charge in [-0.3, -0.25) is 14.8 Å². The highest BCUT2D eigenvalue weighted by Gasteiger charge is 2.45. The number of benzene rings is 1. The number of nitrogens with two attached hydrogens (primary N) is 2. The number of halogens is 2. The largest absolute Gasteiger partial charge is 0.370 e. The summed E-state index contributed by atoms with van der Waals surface area (Å²) in [4.78, 5) is 20.3. The molecule has 0 radical (unpaired) electrons. The van der Waals surface area contributed by atoms with Crippen LogP contribution in [0.3, 0.4) is 0 Å². The molecule has 1 aromatic heterocycles. The standard InChI is InChI=1S/C22H25F2N7O/c23-22(24)9-1-2-16(19(22)25)30-17-12-28-18(20(26)32)21(31-17)29-15-5-3-13(4-6-15)14-7-10-27-11-8-14/h3-8,10-11,16,19,28-29H,1-2,9,12,25H2,(H2,26,32)(H,30,31)/t16-,19-/m1/s1. The van der Waals surface area contributed by atoms with Gasteiger partial charge in [-0.25, -0.2) is 8.78 Å². The number of aliphatic imine (C=N–C) groups is 1. The lowest BCUT2D eigenvalue weighted by molar-refractivity contribution is -0.115. The minimum Gasteiger partial charge on any atom is -0.370 e. The van der Waals surface area contributed by atoms with Crippen molar-refractivity contribution in [2.75, 3.05) is 11.9 Å². The number of rotatable bonds is 5. The Balaban J connectivity index is 1.52. The van der Waals surface area contributed by atoms with Gasteiger partial charge in [0.2, 0.25) is 0 Å². The zero-order valence-corrected chi connectivity index (χ0v) is 17.3. The SMILES string of the molecule is NC(=O)C1=C(Nc2ccc(-c3ccncc3)cc2)NC(=N[C@@H]2CCCC(F)(F)[C@@H]2N)CN1. The number of pyridine rings is 1. The number of primary amides is 1. The van der Waals surface area contributed by atoms with Gasteiger partial charge in [0.05, 0.1) is 18.6 Å². The van der Waals surface area contributed by atoms with E-state index in [0.717, 1.165) is 11.1 Å². The van der Waals surface area contributed by atoms with E-state index in [0.29, 0.717) is 30.2 Å². The predicted octanol–water partition coefficient (Wildman–Crippen LogP) is 1.92. The van der Waals surface area contributed by atoms with Gasteiger partial charge in [0, 0.05) is 24.5 Å². The summed E-state index contributed by atoms with van der Waals surface area (Å²) in [5, 5.41) is 9.05. The second-order valence-corrected chi connectivity index (χ2v) is 7.85. The predicted molar refractivity (Wildman–Crippen MR) is 119 cm³/mol. The molecular formula is C22H25F2N7O. The van der Waals surface area contributed by atoms with Crippen LogP contribution in [0.5, 0.6) is 0 Å². The van der Waals surface area contributed by atoms with Crippen LogP contribution in [0.2, 0.25) is 0 Å². The van der Waals surface area contributed by atoms with Crippen LogP contribution in [0.15, 0.2) is 65.3 Å². The first kappa shape index (κ1) is 21.7. The molecule has 168 valence electrons. The summed E-state index contributed by atoms with van der Waals surface area (Å²) in [6.45, 7) is 0.152. The number of nitrogens with zero attached hydrogens (tertiary/aromatic N) is 2. The molecule has 1 fully saturated rings. The summed E-state index contributed by atoms with van der Waals surface area (Å²) in [6, 6.07) is 9.32. The Bertz CT molecular complexity index is 1040. The molecule has 10 heteroatoms. The molecule has 1 aromatic carbocycles. The van der Waals surface area contributed by atoms with Crippen molar-refractivity contribution in [3.05, 3.63) is 60.3 Å². The van der Waals surface area contributed by atoms with Gasteiger partial charge in [0.1, 0.15) is 17.4 Å². The van der Waals surface area contributed by atoms with Crippen LogP contribution in [0.1, 0.15) is 19.3 Å². The minimum absolute atomic E-state index is 0.152. The van der Waals surface area contributed by atoms with Crippen LogP contribution in [0, 0.1) is 0 Å².